The van der Waals surface area contributed by atoms with E-state index >= 15 is 0 Å². The van der Waals surface area contributed by atoms with Crippen molar-refractivity contribution in [1.29, 1.82) is 0 Å². The van der Waals surface area contributed by atoms with E-state index in [1.807, 2.05) is 14.0 Å². The number of nitrogen functional groups attached to an aromatic ring is 1. The third-order valence-electron chi connectivity index (χ3n) is 3.71. The number of aryl methyl sites for hydroxylation is 1. The third kappa shape index (κ3) is 3.23. The van der Waals surface area contributed by atoms with Gasteiger partial charge in [-0.25, -0.2) is 0 Å². The molecule has 1 amide bonds. The second-order valence-electron chi connectivity index (χ2n) is 5.50. The summed E-state index contributed by atoms with van der Waals surface area (Å²) in [7, 11) is 3.97. The number of carbonyl (C=O) groups is 1. The van der Waals surface area contributed by atoms with Crippen LogP contribution in [0.15, 0.2) is 12.3 Å². The van der Waals surface area contributed by atoms with Crippen LogP contribution < -0.4 is 5.73 Å². The Kier molecular flexibility index (Phi) is 4.04. The quantitative estimate of drug-likeness (QED) is 0.882. The molecule has 1 aromatic heterocycles. The number of pyridine rings is 1. The fraction of sp³-hybridized carbons (Fsp3) is 0.571. The number of amides is 1. The van der Waals surface area contributed by atoms with Crippen molar-refractivity contribution >= 4 is 11.6 Å². The Bertz CT molecular complexity index is 475. The van der Waals surface area contributed by atoms with E-state index in [0.717, 1.165) is 31.7 Å². The Labute approximate surface area is 114 Å². The van der Waals surface area contributed by atoms with Crippen LogP contribution in [0.25, 0.3) is 0 Å². The third-order valence-corrected chi connectivity index (χ3v) is 3.71. The lowest BCUT2D eigenvalue weighted by atomic mass is 10.1. The van der Waals surface area contributed by atoms with Gasteiger partial charge in [0.25, 0.3) is 5.91 Å². The summed E-state index contributed by atoms with van der Waals surface area (Å²) in [5.41, 5.74) is 7.57. The zero-order valence-electron chi connectivity index (χ0n) is 11.9. The molecule has 5 heteroatoms. The minimum absolute atomic E-state index is 0.00635. The molecule has 1 fully saturated rings. The Morgan fingerprint density at radius 2 is 2.37 bits per heavy atom. The highest BCUT2D eigenvalue weighted by Gasteiger charge is 2.23. The summed E-state index contributed by atoms with van der Waals surface area (Å²) in [4.78, 5) is 20.6. The van der Waals surface area contributed by atoms with E-state index < -0.39 is 0 Å². The van der Waals surface area contributed by atoms with Crippen molar-refractivity contribution in [1.82, 2.24) is 14.8 Å². The summed E-state index contributed by atoms with van der Waals surface area (Å²) >= 11 is 0. The normalized spacial score (nSPS) is 19.6. The topological polar surface area (TPSA) is 62.5 Å². The molecule has 104 valence electrons. The molecule has 0 aromatic carbocycles. The Hall–Kier alpha value is -1.62. The van der Waals surface area contributed by atoms with Crippen LogP contribution in [0.4, 0.5) is 5.69 Å². The minimum Gasteiger partial charge on any atom is -0.397 e. The number of nitrogens with zero attached hydrogens (tertiary/aromatic N) is 3. The van der Waals surface area contributed by atoms with Gasteiger partial charge in [-0.15, -0.1) is 0 Å². The Morgan fingerprint density at radius 3 is 3.00 bits per heavy atom. The number of rotatable bonds is 3. The lowest BCUT2D eigenvalue weighted by molar-refractivity contribution is 0.0773. The summed E-state index contributed by atoms with van der Waals surface area (Å²) in [5, 5.41) is 0. The molecule has 19 heavy (non-hydrogen) atoms. The Balaban J connectivity index is 2.04. The number of likely N-dealkylation sites (tertiary alicyclic amines) is 1. The van der Waals surface area contributed by atoms with Crippen molar-refractivity contribution in [3.05, 3.63) is 23.5 Å². The van der Waals surface area contributed by atoms with Crippen LogP contribution in [0.3, 0.4) is 0 Å². The number of carbonyl (C=O) groups excluding carboxylic acids is 1. The molecule has 1 atom stereocenters. The van der Waals surface area contributed by atoms with Gasteiger partial charge in [0.05, 0.1) is 23.1 Å². The maximum absolute atomic E-state index is 12.4. The summed E-state index contributed by atoms with van der Waals surface area (Å²) in [6.07, 6.45) is 2.74. The van der Waals surface area contributed by atoms with Gasteiger partial charge in [0.1, 0.15) is 0 Å². The number of anilines is 1. The van der Waals surface area contributed by atoms with Gasteiger partial charge in [0.15, 0.2) is 0 Å². The highest BCUT2D eigenvalue weighted by atomic mass is 16.2. The van der Waals surface area contributed by atoms with Crippen molar-refractivity contribution in [2.24, 2.45) is 5.92 Å². The maximum atomic E-state index is 12.4. The van der Waals surface area contributed by atoms with Crippen molar-refractivity contribution in [2.75, 3.05) is 39.5 Å². The molecule has 1 aliphatic rings. The molecular weight excluding hydrogens is 240 g/mol. The molecule has 2 N–H and O–H groups in total. The van der Waals surface area contributed by atoms with Crippen molar-refractivity contribution in [3.63, 3.8) is 0 Å². The van der Waals surface area contributed by atoms with Crippen LogP contribution >= 0.6 is 0 Å². The monoisotopic (exact) mass is 262 g/mol. The maximum Gasteiger partial charge on any atom is 0.255 e. The van der Waals surface area contributed by atoms with E-state index in [2.05, 4.69) is 16.9 Å². The van der Waals surface area contributed by atoms with E-state index in [-0.39, 0.29) is 5.91 Å². The Morgan fingerprint density at radius 1 is 1.63 bits per heavy atom. The highest BCUT2D eigenvalue weighted by Crippen LogP contribution is 2.17. The predicted molar refractivity (Wildman–Crippen MR) is 76.0 cm³/mol. The zero-order chi connectivity index (χ0) is 14.0. The van der Waals surface area contributed by atoms with E-state index in [9.17, 15) is 4.79 Å². The first-order valence-corrected chi connectivity index (χ1v) is 6.63. The molecule has 1 saturated heterocycles. The van der Waals surface area contributed by atoms with Crippen LogP contribution in [0.1, 0.15) is 22.5 Å². The predicted octanol–water partition coefficient (Wildman–Crippen LogP) is 0.996. The van der Waals surface area contributed by atoms with Gasteiger partial charge in [0.2, 0.25) is 0 Å². The lowest BCUT2D eigenvalue weighted by Crippen LogP contribution is -2.33. The number of aromatic nitrogens is 1. The van der Waals surface area contributed by atoms with E-state index in [4.69, 9.17) is 5.73 Å². The molecule has 2 rings (SSSR count). The SMILES string of the molecule is Cc1ncc(N)cc1C(=O)N(C)CC1CCN(C)C1. The molecule has 0 radical (unpaired) electrons. The van der Waals surface area contributed by atoms with E-state index in [1.165, 1.54) is 0 Å². The van der Waals surface area contributed by atoms with Crippen LogP contribution in [-0.2, 0) is 0 Å². The van der Waals surface area contributed by atoms with Crippen molar-refractivity contribution < 1.29 is 4.79 Å². The van der Waals surface area contributed by atoms with Gasteiger partial charge < -0.3 is 15.5 Å². The molecule has 1 aromatic rings. The second-order valence-corrected chi connectivity index (χ2v) is 5.50. The minimum atomic E-state index is 0.00635. The largest absolute Gasteiger partial charge is 0.397 e. The molecule has 2 heterocycles. The van der Waals surface area contributed by atoms with E-state index in [0.29, 0.717) is 17.2 Å². The average Bonchev–Trinajstić information content (AvgIpc) is 2.77. The fourth-order valence-corrected chi connectivity index (χ4v) is 2.62. The van der Waals surface area contributed by atoms with Crippen molar-refractivity contribution in [2.45, 2.75) is 13.3 Å². The lowest BCUT2D eigenvalue weighted by Gasteiger charge is -2.22. The van der Waals surface area contributed by atoms with Gasteiger partial charge >= 0.3 is 0 Å². The summed E-state index contributed by atoms with van der Waals surface area (Å²) in [6, 6.07) is 1.71. The molecule has 0 saturated carbocycles. The number of hydrogen-bond acceptors (Lipinski definition) is 4. The van der Waals surface area contributed by atoms with Crippen LogP contribution in [0, 0.1) is 12.8 Å². The molecule has 0 aliphatic carbocycles. The van der Waals surface area contributed by atoms with Crippen molar-refractivity contribution in [3.8, 4) is 0 Å². The van der Waals surface area contributed by atoms with Gasteiger partial charge in [-0.05, 0) is 38.9 Å². The summed E-state index contributed by atoms with van der Waals surface area (Å²) in [6.45, 7) is 4.80. The molecule has 1 unspecified atom stereocenters. The zero-order valence-corrected chi connectivity index (χ0v) is 11.9. The summed E-state index contributed by atoms with van der Waals surface area (Å²) in [5.74, 6) is 0.570. The summed E-state index contributed by atoms with van der Waals surface area (Å²) < 4.78 is 0. The average molecular weight is 262 g/mol. The molecular formula is C14H22N4O. The van der Waals surface area contributed by atoms with Crippen LogP contribution in [0.5, 0.6) is 0 Å². The molecule has 5 nitrogen and oxygen atoms in total. The first-order chi connectivity index (χ1) is 8.97. The fourth-order valence-electron chi connectivity index (χ4n) is 2.62. The first kappa shape index (κ1) is 13.8. The van der Waals surface area contributed by atoms with Gasteiger partial charge in [-0.3, -0.25) is 9.78 Å². The highest BCUT2D eigenvalue weighted by molar-refractivity contribution is 5.95. The van der Waals surface area contributed by atoms with Gasteiger partial charge in [-0.1, -0.05) is 0 Å². The number of hydrogen-bond donors (Lipinski definition) is 1. The first-order valence-electron chi connectivity index (χ1n) is 6.63. The van der Waals surface area contributed by atoms with Crippen LogP contribution in [0.2, 0.25) is 0 Å². The molecule has 1 aliphatic heterocycles. The molecule has 0 bridgehead atoms. The standard InChI is InChI=1S/C14H22N4O/c1-10-13(6-12(15)7-16-10)14(19)18(3)9-11-4-5-17(2)8-11/h6-7,11H,4-5,8-9,15H2,1-3H3. The van der Waals surface area contributed by atoms with Gasteiger partial charge in [0, 0.05) is 20.1 Å². The van der Waals surface area contributed by atoms with Gasteiger partial charge in [-0.2, -0.15) is 0 Å². The second kappa shape index (κ2) is 5.57. The smallest absolute Gasteiger partial charge is 0.255 e. The molecule has 0 spiro atoms. The van der Waals surface area contributed by atoms with E-state index in [1.54, 1.807) is 17.2 Å². The number of nitrogens with two attached hydrogens (primary N) is 1. The van der Waals surface area contributed by atoms with Crippen LogP contribution in [-0.4, -0.2) is 54.4 Å².